The molecule has 0 radical (unpaired) electrons. The largest absolute Gasteiger partial charge is 0.478 e. The molecule has 0 amide bonds. The summed E-state index contributed by atoms with van der Waals surface area (Å²) in [5.41, 5.74) is 0.0874. The van der Waals surface area contributed by atoms with Gasteiger partial charge >= 0.3 is 5.97 Å². The highest BCUT2D eigenvalue weighted by atomic mass is 127. The zero-order valence-corrected chi connectivity index (χ0v) is 13.4. The molecule has 0 bridgehead atoms. The number of hydrogen-bond acceptors (Lipinski definition) is 3. The lowest BCUT2D eigenvalue weighted by molar-refractivity contribution is 0.0696. The van der Waals surface area contributed by atoms with E-state index < -0.39 is 21.8 Å². The van der Waals surface area contributed by atoms with Gasteiger partial charge in [-0.05, 0) is 59.0 Å². The first kappa shape index (κ1) is 15.7. The standard InChI is InChI=1S/C13H9FINO4S/c14-9-4-5-12(11(15)7-9)16-21(19,20)10-3-1-2-8(6-10)13(17)18/h1-7,16H,(H,17,18). The Morgan fingerprint density at radius 3 is 2.52 bits per heavy atom. The van der Waals surface area contributed by atoms with Gasteiger partial charge in [0.25, 0.3) is 10.0 Å². The van der Waals surface area contributed by atoms with Gasteiger partial charge in [-0.25, -0.2) is 17.6 Å². The van der Waals surface area contributed by atoms with Crippen LogP contribution in [0.15, 0.2) is 47.4 Å². The van der Waals surface area contributed by atoms with Crippen LogP contribution in [0.3, 0.4) is 0 Å². The molecular weight excluding hydrogens is 412 g/mol. The molecule has 0 saturated carbocycles. The molecule has 0 spiro atoms. The minimum Gasteiger partial charge on any atom is -0.478 e. The predicted octanol–water partition coefficient (Wildman–Crippen LogP) is 2.93. The number of carboxylic acid groups (broad SMARTS) is 1. The molecule has 0 fully saturated rings. The molecule has 0 aliphatic heterocycles. The third kappa shape index (κ3) is 3.70. The fourth-order valence-electron chi connectivity index (χ4n) is 1.57. The first-order valence-corrected chi connectivity index (χ1v) is 8.17. The van der Waals surface area contributed by atoms with Gasteiger partial charge in [-0.1, -0.05) is 6.07 Å². The quantitative estimate of drug-likeness (QED) is 0.744. The number of rotatable bonds is 4. The average molecular weight is 421 g/mol. The Morgan fingerprint density at radius 2 is 1.90 bits per heavy atom. The number of anilines is 1. The van der Waals surface area contributed by atoms with Gasteiger partial charge in [0.2, 0.25) is 0 Å². The zero-order valence-electron chi connectivity index (χ0n) is 10.4. The van der Waals surface area contributed by atoms with Gasteiger partial charge in [-0.2, -0.15) is 0 Å². The van der Waals surface area contributed by atoms with Crippen LogP contribution in [0.4, 0.5) is 10.1 Å². The topological polar surface area (TPSA) is 83.5 Å². The number of carboxylic acids is 1. The highest BCUT2D eigenvalue weighted by Crippen LogP contribution is 2.23. The van der Waals surface area contributed by atoms with Crippen LogP contribution in [0.5, 0.6) is 0 Å². The van der Waals surface area contributed by atoms with Crippen LogP contribution < -0.4 is 4.72 Å². The van der Waals surface area contributed by atoms with Crippen LogP contribution >= 0.6 is 22.6 Å². The van der Waals surface area contributed by atoms with E-state index in [0.717, 1.165) is 12.1 Å². The van der Waals surface area contributed by atoms with Crippen molar-refractivity contribution in [1.82, 2.24) is 0 Å². The molecule has 0 aliphatic carbocycles. The van der Waals surface area contributed by atoms with Crippen molar-refractivity contribution in [1.29, 1.82) is 0 Å². The number of carbonyl (C=O) groups is 1. The summed E-state index contributed by atoms with van der Waals surface area (Å²) < 4.78 is 40.1. The van der Waals surface area contributed by atoms with Gasteiger partial charge < -0.3 is 5.11 Å². The zero-order chi connectivity index (χ0) is 15.6. The van der Waals surface area contributed by atoms with Crippen molar-refractivity contribution >= 4 is 44.3 Å². The molecule has 0 aliphatic rings. The summed E-state index contributed by atoms with van der Waals surface area (Å²) in [4.78, 5) is 10.7. The van der Waals surface area contributed by atoms with Crippen molar-refractivity contribution < 1.29 is 22.7 Å². The Hall–Kier alpha value is -1.68. The van der Waals surface area contributed by atoms with Gasteiger partial charge in [-0.3, -0.25) is 4.72 Å². The molecule has 0 saturated heterocycles. The molecule has 21 heavy (non-hydrogen) atoms. The second kappa shape index (κ2) is 5.98. The molecule has 5 nitrogen and oxygen atoms in total. The summed E-state index contributed by atoms with van der Waals surface area (Å²) in [6.07, 6.45) is 0. The van der Waals surface area contributed by atoms with Crippen molar-refractivity contribution in [3.05, 3.63) is 57.4 Å². The summed E-state index contributed by atoms with van der Waals surface area (Å²) in [5.74, 6) is -1.70. The van der Waals surface area contributed by atoms with E-state index in [1.54, 1.807) is 22.6 Å². The van der Waals surface area contributed by atoms with Crippen molar-refractivity contribution in [3.8, 4) is 0 Å². The average Bonchev–Trinajstić information content (AvgIpc) is 2.42. The number of hydrogen-bond donors (Lipinski definition) is 2. The normalized spacial score (nSPS) is 11.1. The van der Waals surface area contributed by atoms with Gasteiger partial charge in [0.05, 0.1) is 16.1 Å². The molecule has 0 unspecified atom stereocenters. The minimum absolute atomic E-state index is 0.133. The van der Waals surface area contributed by atoms with Gasteiger partial charge in [-0.15, -0.1) is 0 Å². The van der Waals surface area contributed by atoms with Gasteiger partial charge in [0.15, 0.2) is 0 Å². The summed E-state index contributed by atoms with van der Waals surface area (Å²) in [6.45, 7) is 0. The maximum absolute atomic E-state index is 13.0. The fraction of sp³-hybridized carbons (Fsp3) is 0. The summed E-state index contributed by atoms with van der Waals surface area (Å²) >= 11 is 1.80. The summed E-state index contributed by atoms with van der Waals surface area (Å²) in [5, 5.41) is 8.88. The third-order valence-electron chi connectivity index (χ3n) is 2.57. The van der Waals surface area contributed by atoms with Crippen LogP contribution in [-0.2, 0) is 10.0 Å². The van der Waals surface area contributed by atoms with E-state index in [-0.39, 0.29) is 16.1 Å². The second-order valence-corrected chi connectivity index (χ2v) is 6.91. The smallest absolute Gasteiger partial charge is 0.335 e. The third-order valence-corrected chi connectivity index (χ3v) is 4.82. The van der Waals surface area contributed by atoms with Crippen molar-refractivity contribution in [3.63, 3.8) is 0 Å². The number of halogens is 2. The van der Waals surface area contributed by atoms with Crippen LogP contribution in [0.25, 0.3) is 0 Å². The fourth-order valence-corrected chi connectivity index (χ4v) is 3.49. The highest BCUT2D eigenvalue weighted by Gasteiger charge is 2.17. The van der Waals surface area contributed by atoms with Crippen LogP contribution in [0, 0.1) is 9.39 Å². The first-order chi connectivity index (χ1) is 9.79. The number of benzene rings is 2. The van der Waals surface area contributed by atoms with Crippen LogP contribution in [0.2, 0.25) is 0 Å². The Morgan fingerprint density at radius 1 is 1.19 bits per heavy atom. The number of sulfonamides is 1. The van der Waals surface area contributed by atoms with Crippen molar-refractivity contribution in [2.75, 3.05) is 4.72 Å². The van der Waals surface area contributed by atoms with E-state index in [1.165, 1.54) is 30.3 Å². The Bertz CT molecular complexity index is 808. The molecule has 2 rings (SSSR count). The lowest BCUT2D eigenvalue weighted by Gasteiger charge is -2.10. The molecule has 2 aromatic rings. The first-order valence-electron chi connectivity index (χ1n) is 5.61. The van der Waals surface area contributed by atoms with E-state index in [0.29, 0.717) is 3.57 Å². The molecule has 2 aromatic carbocycles. The van der Waals surface area contributed by atoms with Crippen LogP contribution in [0.1, 0.15) is 10.4 Å². The number of aromatic carboxylic acids is 1. The monoisotopic (exact) mass is 421 g/mol. The second-order valence-electron chi connectivity index (χ2n) is 4.06. The number of nitrogens with one attached hydrogen (secondary N) is 1. The Labute approximate surface area is 134 Å². The Kier molecular flexibility index (Phi) is 4.47. The van der Waals surface area contributed by atoms with E-state index in [1.807, 2.05) is 0 Å². The lowest BCUT2D eigenvalue weighted by atomic mass is 10.2. The lowest BCUT2D eigenvalue weighted by Crippen LogP contribution is -2.14. The van der Waals surface area contributed by atoms with Gasteiger partial charge in [0.1, 0.15) is 5.82 Å². The molecular formula is C13H9FINO4S. The maximum Gasteiger partial charge on any atom is 0.335 e. The van der Waals surface area contributed by atoms with Crippen LogP contribution in [-0.4, -0.2) is 19.5 Å². The van der Waals surface area contributed by atoms with Crippen molar-refractivity contribution in [2.45, 2.75) is 4.90 Å². The summed E-state index contributed by atoms with van der Waals surface area (Å²) in [7, 11) is -3.95. The molecule has 0 heterocycles. The molecule has 0 aromatic heterocycles. The molecule has 8 heteroatoms. The SMILES string of the molecule is O=C(O)c1cccc(S(=O)(=O)Nc2ccc(F)cc2I)c1. The molecule has 110 valence electrons. The molecule has 2 N–H and O–H groups in total. The minimum atomic E-state index is -3.95. The van der Waals surface area contributed by atoms with E-state index in [9.17, 15) is 17.6 Å². The maximum atomic E-state index is 13.0. The van der Waals surface area contributed by atoms with Crippen molar-refractivity contribution in [2.24, 2.45) is 0 Å². The predicted molar refractivity (Wildman–Crippen MR) is 83.3 cm³/mol. The van der Waals surface area contributed by atoms with E-state index in [2.05, 4.69) is 4.72 Å². The highest BCUT2D eigenvalue weighted by molar-refractivity contribution is 14.1. The van der Waals surface area contributed by atoms with E-state index >= 15 is 0 Å². The van der Waals surface area contributed by atoms with E-state index in [4.69, 9.17) is 5.11 Å². The molecule has 0 atom stereocenters. The Balaban J connectivity index is 2.38. The summed E-state index contributed by atoms with van der Waals surface area (Å²) in [6, 6.07) is 8.60. The van der Waals surface area contributed by atoms with Gasteiger partial charge in [0, 0.05) is 3.57 Å².